The Labute approximate surface area is 147 Å². The second-order valence-electron chi connectivity index (χ2n) is 7.13. The summed E-state index contributed by atoms with van der Waals surface area (Å²) in [6, 6.07) is 11.5. The summed E-state index contributed by atoms with van der Waals surface area (Å²) >= 11 is 0. The van der Waals surface area contributed by atoms with E-state index in [9.17, 15) is 9.90 Å². The Hall–Kier alpha value is -2.24. The van der Waals surface area contributed by atoms with Crippen molar-refractivity contribution in [3.05, 3.63) is 65.5 Å². The number of fused-ring (bicyclic) bond motifs is 2. The van der Waals surface area contributed by atoms with Crippen molar-refractivity contribution in [2.45, 2.75) is 36.8 Å². The van der Waals surface area contributed by atoms with E-state index in [0.29, 0.717) is 19.5 Å². The number of aliphatic hydroxyl groups excluding tert-OH is 1. The molecule has 1 saturated heterocycles. The summed E-state index contributed by atoms with van der Waals surface area (Å²) < 4.78 is 0. The average molecular weight is 337 g/mol. The second-order valence-corrected chi connectivity index (χ2v) is 7.13. The summed E-state index contributed by atoms with van der Waals surface area (Å²) in [7, 11) is 0. The summed E-state index contributed by atoms with van der Waals surface area (Å²) in [6.07, 6.45) is 4.73. The Kier molecular flexibility index (Phi) is 4.06. The highest BCUT2D eigenvalue weighted by atomic mass is 16.3. The number of nitrogens with zero attached hydrogens (tertiary/aromatic N) is 2. The minimum absolute atomic E-state index is 0.118. The predicted octanol–water partition coefficient (Wildman–Crippen LogP) is 1.56. The van der Waals surface area contributed by atoms with Gasteiger partial charge in [-0.2, -0.15) is 0 Å². The van der Waals surface area contributed by atoms with Crippen LogP contribution in [0.1, 0.15) is 35.6 Å². The Morgan fingerprint density at radius 1 is 1.24 bits per heavy atom. The van der Waals surface area contributed by atoms with Crippen molar-refractivity contribution in [2.24, 2.45) is 5.73 Å². The molecule has 5 nitrogen and oxygen atoms in total. The number of pyridine rings is 1. The van der Waals surface area contributed by atoms with Crippen molar-refractivity contribution in [2.75, 3.05) is 13.1 Å². The Morgan fingerprint density at radius 2 is 2.00 bits per heavy atom. The molecule has 2 heterocycles. The molecule has 0 radical (unpaired) electrons. The van der Waals surface area contributed by atoms with E-state index < -0.39 is 6.10 Å². The van der Waals surface area contributed by atoms with Crippen LogP contribution >= 0.6 is 0 Å². The van der Waals surface area contributed by atoms with E-state index in [0.717, 1.165) is 29.5 Å². The third-order valence-corrected chi connectivity index (χ3v) is 5.85. The maximum atomic E-state index is 12.6. The molecule has 1 amide bonds. The molecule has 2 aliphatic rings. The van der Waals surface area contributed by atoms with E-state index in [1.807, 2.05) is 35.2 Å². The molecule has 1 aliphatic carbocycles. The summed E-state index contributed by atoms with van der Waals surface area (Å²) in [5.41, 5.74) is 9.08. The van der Waals surface area contributed by atoms with Gasteiger partial charge in [-0.25, -0.2) is 0 Å². The van der Waals surface area contributed by atoms with Gasteiger partial charge in [0.25, 0.3) is 0 Å². The van der Waals surface area contributed by atoms with Crippen LogP contribution in [0, 0.1) is 0 Å². The number of amides is 1. The molecule has 25 heavy (non-hydrogen) atoms. The van der Waals surface area contributed by atoms with Crippen LogP contribution in [-0.4, -0.2) is 40.1 Å². The summed E-state index contributed by atoms with van der Waals surface area (Å²) in [5, 5.41) is 10.8. The highest BCUT2D eigenvalue weighted by Gasteiger charge is 2.51. The van der Waals surface area contributed by atoms with Crippen LogP contribution in [0.15, 0.2) is 48.8 Å². The Bertz CT molecular complexity index is 770. The lowest BCUT2D eigenvalue weighted by Gasteiger charge is -2.42. The molecule has 2 aromatic rings. The normalized spacial score (nSPS) is 24.3. The number of nitrogens with two attached hydrogens (primary N) is 1. The predicted molar refractivity (Wildman–Crippen MR) is 94.8 cm³/mol. The van der Waals surface area contributed by atoms with E-state index in [-0.39, 0.29) is 17.4 Å². The zero-order valence-electron chi connectivity index (χ0n) is 14.1. The largest absolute Gasteiger partial charge is 0.390 e. The first-order valence-electron chi connectivity index (χ1n) is 8.81. The van der Waals surface area contributed by atoms with Gasteiger partial charge < -0.3 is 15.7 Å². The molecule has 1 aromatic heterocycles. The van der Waals surface area contributed by atoms with Crippen molar-refractivity contribution in [3.8, 4) is 0 Å². The van der Waals surface area contributed by atoms with Gasteiger partial charge in [-0.1, -0.05) is 30.3 Å². The number of hydrogen-bond donors (Lipinski definition) is 2. The zero-order chi connectivity index (χ0) is 17.4. The molecule has 1 spiro atoms. The molecule has 130 valence electrons. The van der Waals surface area contributed by atoms with Gasteiger partial charge in [-0.15, -0.1) is 0 Å². The van der Waals surface area contributed by atoms with Gasteiger partial charge in [0.2, 0.25) is 5.91 Å². The first-order valence-corrected chi connectivity index (χ1v) is 8.81. The first kappa shape index (κ1) is 16.2. The van der Waals surface area contributed by atoms with Gasteiger partial charge in [0.05, 0.1) is 18.6 Å². The molecule has 3 N–H and O–H groups in total. The lowest BCUT2D eigenvalue weighted by molar-refractivity contribution is -0.132. The number of benzene rings is 1. The van der Waals surface area contributed by atoms with Crippen LogP contribution in [0.5, 0.6) is 0 Å². The van der Waals surface area contributed by atoms with Gasteiger partial charge in [-0.3, -0.25) is 9.78 Å². The fraction of sp³-hybridized carbons (Fsp3) is 0.400. The third-order valence-electron chi connectivity index (χ3n) is 5.85. The molecule has 1 aromatic carbocycles. The minimum Gasteiger partial charge on any atom is -0.390 e. The monoisotopic (exact) mass is 337 g/mol. The molecule has 0 bridgehead atoms. The van der Waals surface area contributed by atoms with Gasteiger partial charge in [0, 0.05) is 30.9 Å². The fourth-order valence-electron chi connectivity index (χ4n) is 4.42. The Balaban J connectivity index is 1.49. The van der Waals surface area contributed by atoms with Gasteiger partial charge in [0.1, 0.15) is 0 Å². The number of carbonyl (C=O) groups is 1. The van der Waals surface area contributed by atoms with Crippen LogP contribution in [0.25, 0.3) is 0 Å². The molecule has 1 fully saturated rings. The van der Waals surface area contributed by atoms with Crippen molar-refractivity contribution < 1.29 is 9.90 Å². The summed E-state index contributed by atoms with van der Waals surface area (Å²) in [6.45, 7) is 1.30. The van der Waals surface area contributed by atoms with Crippen molar-refractivity contribution in [3.63, 3.8) is 0 Å². The average Bonchev–Trinajstić information content (AvgIpc) is 2.86. The van der Waals surface area contributed by atoms with Crippen molar-refractivity contribution >= 4 is 5.91 Å². The van der Waals surface area contributed by atoms with E-state index in [1.54, 1.807) is 12.4 Å². The zero-order valence-corrected chi connectivity index (χ0v) is 14.1. The minimum atomic E-state index is -0.583. The molecule has 0 saturated carbocycles. The highest BCUT2D eigenvalue weighted by Crippen LogP contribution is 2.49. The molecular formula is C20H23N3O2. The molecular weight excluding hydrogens is 314 g/mol. The smallest absolute Gasteiger partial charge is 0.227 e. The lowest BCUT2D eigenvalue weighted by atomic mass is 9.72. The topological polar surface area (TPSA) is 79.5 Å². The number of aliphatic hydroxyl groups is 1. The number of piperidine rings is 1. The van der Waals surface area contributed by atoms with Crippen LogP contribution < -0.4 is 5.73 Å². The first-order chi connectivity index (χ1) is 12.1. The van der Waals surface area contributed by atoms with Gasteiger partial charge >= 0.3 is 0 Å². The highest BCUT2D eigenvalue weighted by molar-refractivity contribution is 5.78. The van der Waals surface area contributed by atoms with Crippen molar-refractivity contribution in [1.82, 2.24) is 9.88 Å². The van der Waals surface area contributed by atoms with Crippen molar-refractivity contribution in [1.29, 1.82) is 0 Å². The molecule has 5 heteroatoms. The second kappa shape index (κ2) is 6.24. The lowest BCUT2D eigenvalue weighted by Crippen LogP contribution is -2.50. The molecule has 0 unspecified atom stereocenters. The van der Waals surface area contributed by atoms with E-state index >= 15 is 0 Å². The van der Waals surface area contributed by atoms with Gasteiger partial charge in [-0.05, 0) is 35.6 Å². The van der Waals surface area contributed by atoms with E-state index in [1.165, 1.54) is 0 Å². The van der Waals surface area contributed by atoms with Gasteiger partial charge in [0.15, 0.2) is 0 Å². The summed E-state index contributed by atoms with van der Waals surface area (Å²) in [5.74, 6) is 0.118. The maximum absolute atomic E-state index is 12.6. The van der Waals surface area contributed by atoms with E-state index in [2.05, 4.69) is 11.1 Å². The number of likely N-dealkylation sites (tertiary alicyclic amines) is 1. The van der Waals surface area contributed by atoms with Crippen LogP contribution in [0.2, 0.25) is 0 Å². The third kappa shape index (κ3) is 2.64. The van der Waals surface area contributed by atoms with Crippen LogP contribution in [0.3, 0.4) is 0 Å². The number of rotatable bonds is 2. The van der Waals surface area contributed by atoms with Crippen LogP contribution in [-0.2, 0) is 16.6 Å². The standard InChI is InChI=1S/C20H23N3O2/c21-18-15-5-1-2-6-16(15)20(19(18)25)7-10-23(11-8-20)17(24)12-14-4-3-9-22-13-14/h1-6,9,13,18-19,25H,7-8,10-12,21H2/t18-,19+/m0/s1. The number of aromatic nitrogens is 1. The van der Waals surface area contributed by atoms with E-state index in [4.69, 9.17) is 5.73 Å². The molecule has 1 aliphatic heterocycles. The molecule has 2 atom stereocenters. The molecule has 4 rings (SSSR count). The SMILES string of the molecule is N[C@H]1c2ccccc2C2(CCN(C(=O)Cc3cccnc3)CC2)[C@@H]1O. The fourth-order valence-corrected chi connectivity index (χ4v) is 4.42. The number of carbonyl (C=O) groups excluding carboxylic acids is 1. The Morgan fingerprint density at radius 3 is 2.72 bits per heavy atom. The summed E-state index contributed by atoms with van der Waals surface area (Å²) in [4.78, 5) is 18.5. The maximum Gasteiger partial charge on any atom is 0.227 e. The van der Waals surface area contributed by atoms with Crippen LogP contribution in [0.4, 0.5) is 0 Å². The number of hydrogen-bond acceptors (Lipinski definition) is 4. The quantitative estimate of drug-likeness (QED) is 0.872.